The van der Waals surface area contributed by atoms with Crippen molar-refractivity contribution < 1.29 is 9.84 Å². The van der Waals surface area contributed by atoms with Crippen molar-refractivity contribution in [1.82, 2.24) is 0 Å². The van der Waals surface area contributed by atoms with E-state index in [1.807, 2.05) is 37.3 Å². The number of ether oxygens (including phenoxy) is 1. The molecule has 21 heavy (non-hydrogen) atoms. The highest BCUT2D eigenvalue weighted by Crippen LogP contribution is 2.35. The van der Waals surface area contributed by atoms with E-state index in [4.69, 9.17) is 10.00 Å². The second kappa shape index (κ2) is 6.43. The van der Waals surface area contributed by atoms with E-state index in [-0.39, 0.29) is 0 Å². The third-order valence-corrected chi connectivity index (χ3v) is 3.43. The minimum absolute atomic E-state index is 0.528. The Labute approximate surface area is 125 Å². The number of nitrogens with zero attached hydrogens (tertiary/aromatic N) is 1. The van der Waals surface area contributed by atoms with Crippen LogP contribution >= 0.6 is 0 Å². The van der Waals surface area contributed by atoms with Gasteiger partial charge in [0.05, 0.1) is 18.2 Å². The summed E-state index contributed by atoms with van der Waals surface area (Å²) in [5.74, 6) is 0.673. The molecule has 1 N–H and O–H groups in total. The number of rotatable bonds is 5. The van der Waals surface area contributed by atoms with Crippen molar-refractivity contribution in [3.63, 3.8) is 0 Å². The van der Waals surface area contributed by atoms with Crippen molar-refractivity contribution in [2.75, 3.05) is 6.61 Å². The Bertz CT molecular complexity index is 656. The standard InChI is InChI=1S/C18H19NO2/c1-3-11-21-17-10-5-4-9-16(17)18(2,20)15-8-6-7-14(12-15)13-19/h4-10,12,20H,3,11H2,1-2H3. The van der Waals surface area contributed by atoms with Crippen molar-refractivity contribution in [3.05, 3.63) is 65.2 Å². The van der Waals surface area contributed by atoms with Crippen LogP contribution in [-0.4, -0.2) is 11.7 Å². The summed E-state index contributed by atoms with van der Waals surface area (Å²) < 4.78 is 5.73. The van der Waals surface area contributed by atoms with Crippen LogP contribution in [0.3, 0.4) is 0 Å². The predicted octanol–water partition coefficient (Wildman–Crippen LogP) is 3.60. The highest BCUT2D eigenvalue weighted by Gasteiger charge is 2.29. The summed E-state index contributed by atoms with van der Waals surface area (Å²) in [5.41, 5.74) is 0.694. The van der Waals surface area contributed by atoms with E-state index in [0.29, 0.717) is 29.0 Å². The van der Waals surface area contributed by atoms with Crippen molar-refractivity contribution in [3.8, 4) is 11.8 Å². The lowest BCUT2D eigenvalue weighted by Gasteiger charge is -2.27. The minimum atomic E-state index is -1.21. The number of benzene rings is 2. The first-order chi connectivity index (χ1) is 10.1. The van der Waals surface area contributed by atoms with Crippen LogP contribution in [-0.2, 0) is 5.60 Å². The SMILES string of the molecule is CCCOc1ccccc1C(C)(O)c1cccc(C#N)c1. The Balaban J connectivity index is 2.45. The molecule has 2 rings (SSSR count). The van der Waals surface area contributed by atoms with Crippen molar-refractivity contribution >= 4 is 0 Å². The Morgan fingerprint density at radius 2 is 1.95 bits per heavy atom. The fourth-order valence-electron chi connectivity index (χ4n) is 2.25. The molecule has 0 saturated heterocycles. The first kappa shape index (κ1) is 15.1. The third kappa shape index (κ3) is 3.24. The van der Waals surface area contributed by atoms with Crippen LogP contribution in [0, 0.1) is 11.3 Å². The summed E-state index contributed by atoms with van der Waals surface area (Å²) >= 11 is 0. The fraction of sp³-hybridized carbons (Fsp3) is 0.278. The molecule has 1 unspecified atom stereocenters. The zero-order chi connectivity index (χ0) is 15.3. The van der Waals surface area contributed by atoms with Gasteiger partial charge in [0.2, 0.25) is 0 Å². The van der Waals surface area contributed by atoms with Crippen LogP contribution in [0.25, 0.3) is 0 Å². The van der Waals surface area contributed by atoms with E-state index in [9.17, 15) is 5.11 Å². The summed E-state index contributed by atoms with van der Waals surface area (Å²) in [7, 11) is 0. The Morgan fingerprint density at radius 3 is 2.67 bits per heavy atom. The molecular weight excluding hydrogens is 262 g/mol. The highest BCUT2D eigenvalue weighted by atomic mass is 16.5. The van der Waals surface area contributed by atoms with Crippen molar-refractivity contribution in [2.24, 2.45) is 0 Å². The second-order valence-corrected chi connectivity index (χ2v) is 5.11. The van der Waals surface area contributed by atoms with E-state index in [0.717, 1.165) is 6.42 Å². The van der Waals surface area contributed by atoms with Gasteiger partial charge in [-0.2, -0.15) is 5.26 Å². The zero-order valence-corrected chi connectivity index (χ0v) is 12.3. The number of hydrogen-bond acceptors (Lipinski definition) is 3. The zero-order valence-electron chi connectivity index (χ0n) is 12.3. The van der Waals surface area contributed by atoms with Gasteiger partial charge in [-0.3, -0.25) is 0 Å². The molecule has 0 amide bonds. The molecule has 2 aromatic carbocycles. The monoisotopic (exact) mass is 281 g/mol. The van der Waals surface area contributed by atoms with Gasteiger partial charge in [0.25, 0.3) is 0 Å². The van der Waals surface area contributed by atoms with E-state index >= 15 is 0 Å². The second-order valence-electron chi connectivity index (χ2n) is 5.11. The average Bonchev–Trinajstić information content (AvgIpc) is 2.53. The molecule has 3 nitrogen and oxygen atoms in total. The lowest BCUT2D eigenvalue weighted by atomic mass is 9.87. The molecule has 0 aliphatic rings. The first-order valence-electron chi connectivity index (χ1n) is 7.05. The summed E-state index contributed by atoms with van der Waals surface area (Å²) in [6, 6.07) is 16.6. The average molecular weight is 281 g/mol. The minimum Gasteiger partial charge on any atom is -0.493 e. The lowest BCUT2D eigenvalue weighted by Crippen LogP contribution is -2.24. The summed E-state index contributed by atoms with van der Waals surface area (Å²) in [6.45, 7) is 4.36. The molecule has 0 aliphatic carbocycles. The number of nitriles is 1. The molecule has 0 spiro atoms. The maximum atomic E-state index is 11.0. The molecule has 3 heteroatoms. The fourth-order valence-corrected chi connectivity index (χ4v) is 2.25. The van der Waals surface area contributed by atoms with Gasteiger partial charge >= 0.3 is 0 Å². The molecule has 0 aromatic heterocycles. The summed E-state index contributed by atoms with van der Waals surface area (Å²) in [5, 5.41) is 20.0. The molecule has 0 fully saturated rings. The topological polar surface area (TPSA) is 53.2 Å². The normalized spacial score (nSPS) is 13.2. The molecule has 1 atom stereocenters. The Hall–Kier alpha value is -2.31. The van der Waals surface area contributed by atoms with Gasteiger partial charge < -0.3 is 9.84 Å². The lowest BCUT2D eigenvalue weighted by molar-refractivity contribution is 0.0978. The number of hydrogen-bond donors (Lipinski definition) is 1. The Morgan fingerprint density at radius 1 is 1.19 bits per heavy atom. The first-order valence-corrected chi connectivity index (χ1v) is 7.05. The maximum Gasteiger partial charge on any atom is 0.125 e. The van der Waals surface area contributed by atoms with Crippen LogP contribution in [0.5, 0.6) is 5.75 Å². The molecule has 0 bridgehead atoms. The maximum absolute atomic E-state index is 11.0. The molecule has 2 aromatic rings. The molecule has 0 aliphatic heterocycles. The summed E-state index contributed by atoms with van der Waals surface area (Å²) in [4.78, 5) is 0. The number of aliphatic hydroxyl groups is 1. The van der Waals surface area contributed by atoms with Gasteiger partial charge in [0.1, 0.15) is 11.4 Å². The smallest absolute Gasteiger partial charge is 0.125 e. The quantitative estimate of drug-likeness (QED) is 0.911. The molecule has 0 saturated carbocycles. The van der Waals surface area contributed by atoms with Crippen LogP contribution in [0.15, 0.2) is 48.5 Å². The molecule has 0 heterocycles. The Kier molecular flexibility index (Phi) is 4.62. The highest BCUT2D eigenvalue weighted by molar-refractivity contribution is 5.46. The molecule has 0 radical (unpaired) electrons. The largest absolute Gasteiger partial charge is 0.493 e. The van der Waals surface area contributed by atoms with E-state index in [1.54, 1.807) is 25.1 Å². The molecule has 108 valence electrons. The van der Waals surface area contributed by atoms with Crippen molar-refractivity contribution in [1.29, 1.82) is 5.26 Å². The van der Waals surface area contributed by atoms with Crippen LogP contribution in [0.1, 0.15) is 37.0 Å². The van der Waals surface area contributed by atoms with Gasteiger partial charge in [0, 0.05) is 5.56 Å². The van der Waals surface area contributed by atoms with Gasteiger partial charge in [0.15, 0.2) is 0 Å². The van der Waals surface area contributed by atoms with Crippen LogP contribution < -0.4 is 4.74 Å². The van der Waals surface area contributed by atoms with Gasteiger partial charge in [-0.1, -0.05) is 37.3 Å². The number of para-hydroxylation sites is 1. The third-order valence-electron chi connectivity index (χ3n) is 3.43. The van der Waals surface area contributed by atoms with Crippen LogP contribution in [0.2, 0.25) is 0 Å². The van der Waals surface area contributed by atoms with E-state index in [1.165, 1.54) is 0 Å². The van der Waals surface area contributed by atoms with Gasteiger partial charge in [-0.15, -0.1) is 0 Å². The van der Waals surface area contributed by atoms with Gasteiger partial charge in [-0.25, -0.2) is 0 Å². The predicted molar refractivity (Wildman–Crippen MR) is 82.1 cm³/mol. The van der Waals surface area contributed by atoms with Gasteiger partial charge in [-0.05, 0) is 37.1 Å². The van der Waals surface area contributed by atoms with E-state index < -0.39 is 5.60 Å². The molecular formula is C18H19NO2. The van der Waals surface area contributed by atoms with Crippen LogP contribution in [0.4, 0.5) is 0 Å². The van der Waals surface area contributed by atoms with E-state index in [2.05, 4.69) is 6.07 Å². The summed E-state index contributed by atoms with van der Waals surface area (Å²) in [6.07, 6.45) is 0.903. The van der Waals surface area contributed by atoms with Crippen molar-refractivity contribution in [2.45, 2.75) is 25.9 Å².